The first-order chi connectivity index (χ1) is 26.8. The highest BCUT2D eigenvalue weighted by atomic mass is 15.5. The summed E-state index contributed by atoms with van der Waals surface area (Å²) in [6, 6.07) is 71.6. The number of fused-ring (bicyclic) bond motifs is 6. The van der Waals surface area contributed by atoms with Crippen LogP contribution in [0.25, 0.3) is 28.7 Å². The lowest BCUT2D eigenvalue weighted by molar-refractivity contribution is -0.962. The van der Waals surface area contributed by atoms with E-state index in [1.807, 2.05) is 0 Å². The van der Waals surface area contributed by atoms with Crippen LogP contribution in [0.4, 0.5) is 5.69 Å². The van der Waals surface area contributed by atoms with Crippen LogP contribution in [0, 0.1) is 5.92 Å². The molecule has 2 N–H and O–H groups in total. The summed E-state index contributed by atoms with van der Waals surface area (Å²) in [6.45, 7) is 0. The van der Waals surface area contributed by atoms with Crippen molar-refractivity contribution in [1.29, 1.82) is 0 Å². The first kappa shape index (κ1) is 31.3. The molecule has 0 amide bonds. The van der Waals surface area contributed by atoms with E-state index < -0.39 is 0 Å². The zero-order valence-electron chi connectivity index (χ0n) is 29.9. The lowest BCUT2D eigenvalue weighted by Gasteiger charge is -2.45. The third-order valence-corrected chi connectivity index (χ3v) is 12.4. The quantitative estimate of drug-likeness (QED) is 0.179. The Morgan fingerprint density at radius 3 is 1.85 bits per heavy atom. The summed E-state index contributed by atoms with van der Waals surface area (Å²) in [5, 5.41) is 7.84. The first-order valence-corrected chi connectivity index (χ1v) is 19.2. The highest BCUT2D eigenvalue weighted by molar-refractivity contribution is 5.86. The molecule has 0 radical (unpaired) electrons. The average molecular weight is 695 g/mol. The van der Waals surface area contributed by atoms with Crippen LogP contribution in [0.1, 0.15) is 51.6 Å². The van der Waals surface area contributed by atoms with Gasteiger partial charge in [-0.1, -0.05) is 176 Å². The van der Waals surface area contributed by atoms with Crippen LogP contribution in [0.15, 0.2) is 194 Å². The molecule has 54 heavy (non-hydrogen) atoms. The van der Waals surface area contributed by atoms with Crippen molar-refractivity contribution in [3.8, 4) is 5.69 Å². The van der Waals surface area contributed by atoms with Crippen molar-refractivity contribution in [1.82, 2.24) is 9.88 Å². The fraction of sp³-hybridized carbons (Fsp3) is 0.0980. The molecule has 5 atom stereocenters. The molecule has 3 heteroatoms. The number of para-hydroxylation sites is 2. The molecule has 2 heterocycles. The van der Waals surface area contributed by atoms with Gasteiger partial charge in [0, 0.05) is 39.3 Å². The van der Waals surface area contributed by atoms with E-state index in [2.05, 4.69) is 216 Å². The van der Waals surface area contributed by atoms with Gasteiger partial charge in [0.15, 0.2) is 12.3 Å². The van der Waals surface area contributed by atoms with E-state index in [-0.39, 0.29) is 29.6 Å². The van der Waals surface area contributed by atoms with Gasteiger partial charge in [0.1, 0.15) is 5.69 Å². The predicted octanol–water partition coefficient (Wildman–Crippen LogP) is 8.47. The van der Waals surface area contributed by atoms with Crippen molar-refractivity contribution >= 4 is 28.7 Å². The van der Waals surface area contributed by atoms with Crippen molar-refractivity contribution < 1.29 is 4.90 Å². The molecule has 1 aromatic heterocycles. The van der Waals surface area contributed by atoms with Crippen molar-refractivity contribution in [3.63, 3.8) is 0 Å². The summed E-state index contributed by atoms with van der Waals surface area (Å²) in [7, 11) is 0. The van der Waals surface area contributed by atoms with Gasteiger partial charge in [-0.3, -0.25) is 4.90 Å². The maximum Gasteiger partial charge on any atom is 0.178 e. The molecule has 11 rings (SSSR count). The molecule has 258 valence electrons. The van der Waals surface area contributed by atoms with Gasteiger partial charge in [-0.15, -0.1) is 0 Å². The number of nitrogens with one attached hydrogen (secondary N) is 2. The summed E-state index contributed by atoms with van der Waals surface area (Å²) < 4.78 is 2.52. The van der Waals surface area contributed by atoms with E-state index in [9.17, 15) is 0 Å². The Morgan fingerprint density at radius 1 is 0.519 bits per heavy atom. The minimum absolute atomic E-state index is 0.120. The fourth-order valence-corrected chi connectivity index (χ4v) is 10.1. The number of rotatable bonds is 6. The topological polar surface area (TPSA) is 21.4 Å². The predicted molar refractivity (Wildman–Crippen MR) is 219 cm³/mol. The molecule has 3 aliphatic rings. The van der Waals surface area contributed by atoms with Gasteiger partial charge in [0.2, 0.25) is 0 Å². The zero-order chi connectivity index (χ0) is 35.6. The van der Waals surface area contributed by atoms with E-state index in [4.69, 9.17) is 0 Å². The van der Waals surface area contributed by atoms with E-state index in [1.165, 1.54) is 71.1 Å². The van der Waals surface area contributed by atoms with Gasteiger partial charge in [0.25, 0.3) is 0 Å². The van der Waals surface area contributed by atoms with Gasteiger partial charge in [-0.2, -0.15) is 0 Å². The van der Waals surface area contributed by atoms with Crippen molar-refractivity contribution in [2.45, 2.75) is 23.7 Å². The summed E-state index contributed by atoms with van der Waals surface area (Å²) in [4.78, 5) is 1.42. The highest BCUT2D eigenvalue weighted by Crippen LogP contribution is 2.59. The molecule has 1 aliphatic heterocycles. The second kappa shape index (κ2) is 12.4. The average Bonchev–Trinajstić information content (AvgIpc) is 3.71. The van der Waals surface area contributed by atoms with Gasteiger partial charge in [-0.05, 0) is 52.6 Å². The van der Waals surface area contributed by atoms with E-state index in [0.717, 1.165) is 0 Å². The SMILES string of the molecule is C1=c2c(n(-c3cccc(C4NC(c5ccccc5)[NH+]4c4ccccc4)c3)c3ccccc23)=CC2c3ccccc3C(c3ccccc3)(c3ccccc3)C12. The minimum atomic E-state index is -0.323. The molecule has 0 saturated carbocycles. The van der Waals surface area contributed by atoms with Crippen LogP contribution in [0.3, 0.4) is 0 Å². The zero-order valence-corrected chi connectivity index (χ0v) is 29.9. The minimum Gasteiger partial charge on any atom is -0.310 e. The van der Waals surface area contributed by atoms with Crippen LogP contribution in [-0.2, 0) is 5.41 Å². The monoisotopic (exact) mass is 694 g/mol. The van der Waals surface area contributed by atoms with Crippen LogP contribution in [0.5, 0.6) is 0 Å². The van der Waals surface area contributed by atoms with Crippen LogP contribution < -0.4 is 20.8 Å². The van der Waals surface area contributed by atoms with Gasteiger partial charge >= 0.3 is 0 Å². The Balaban J connectivity index is 1.10. The molecule has 5 unspecified atom stereocenters. The molecule has 2 aliphatic carbocycles. The Morgan fingerprint density at radius 2 is 1.11 bits per heavy atom. The second-order valence-corrected chi connectivity index (χ2v) is 15.0. The number of aromatic nitrogens is 1. The summed E-state index contributed by atoms with van der Waals surface area (Å²) in [5.41, 5.74) is 11.5. The Bertz CT molecular complexity index is 2730. The molecule has 0 spiro atoms. The molecule has 7 aromatic carbocycles. The normalized spacial score (nSPS) is 21.9. The van der Waals surface area contributed by atoms with Crippen LogP contribution in [-0.4, -0.2) is 4.57 Å². The van der Waals surface area contributed by atoms with E-state index >= 15 is 0 Å². The molecular weight excluding hydrogens is 655 g/mol. The maximum atomic E-state index is 3.95. The standard InChI is InChI=1S/C51H39N3/c1-5-18-35(19-6-1)49-52-50(54(49)39-25-11-4-12-26-39)36-20-17-27-40(32-36)53-47-31-16-14-29-42(47)44-33-46-43(34-48(44)53)41-28-13-15-30-45(41)51(46,37-21-7-2-8-22-37)38-23-9-3-10-24-38/h1-34,43,46,49-50,52H/p+1. The largest absolute Gasteiger partial charge is 0.310 e. The van der Waals surface area contributed by atoms with Gasteiger partial charge < -0.3 is 4.57 Å². The maximum absolute atomic E-state index is 3.95. The van der Waals surface area contributed by atoms with Crippen molar-refractivity contribution in [3.05, 3.63) is 238 Å². The van der Waals surface area contributed by atoms with Gasteiger partial charge in [-0.25, -0.2) is 5.32 Å². The number of nitrogens with zero attached hydrogens (tertiary/aromatic N) is 1. The molecule has 8 aromatic rings. The molecule has 1 saturated heterocycles. The highest BCUT2D eigenvalue weighted by Gasteiger charge is 2.53. The van der Waals surface area contributed by atoms with Crippen molar-refractivity contribution in [2.24, 2.45) is 5.92 Å². The number of hydrogen-bond acceptors (Lipinski definition) is 1. The molecular formula is C51H40N3+. The third kappa shape index (κ3) is 4.56. The number of benzene rings is 7. The third-order valence-electron chi connectivity index (χ3n) is 12.4. The molecule has 0 bridgehead atoms. The van der Waals surface area contributed by atoms with Crippen LogP contribution in [0.2, 0.25) is 0 Å². The lowest BCUT2D eigenvalue weighted by atomic mass is 9.63. The fourth-order valence-electron chi connectivity index (χ4n) is 10.1. The smallest absolute Gasteiger partial charge is 0.178 e. The summed E-state index contributed by atoms with van der Waals surface area (Å²) in [5.74, 6) is 0.410. The van der Waals surface area contributed by atoms with E-state index in [1.54, 1.807) is 0 Å². The summed E-state index contributed by atoms with van der Waals surface area (Å²) in [6.07, 6.45) is 5.52. The van der Waals surface area contributed by atoms with Crippen molar-refractivity contribution in [2.75, 3.05) is 0 Å². The number of hydrogen-bond donors (Lipinski definition) is 2. The lowest BCUT2D eigenvalue weighted by Crippen LogP contribution is -3.19. The molecule has 1 fully saturated rings. The van der Waals surface area contributed by atoms with Gasteiger partial charge in [0.05, 0.1) is 16.3 Å². The second-order valence-electron chi connectivity index (χ2n) is 15.0. The Hall–Kier alpha value is -6.26. The van der Waals surface area contributed by atoms with Crippen LogP contribution >= 0.6 is 0 Å². The Kier molecular flexibility index (Phi) is 7.19. The Labute approximate surface area is 315 Å². The number of quaternary nitrogens is 1. The summed E-state index contributed by atoms with van der Waals surface area (Å²) >= 11 is 0. The first-order valence-electron chi connectivity index (χ1n) is 19.2. The van der Waals surface area contributed by atoms with E-state index in [0.29, 0.717) is 0 Å². The molecule has 3 nitrogen and oxygen atoms in total.